The van der Waals surface area contributed by atoms with Crippen molar-refractivity contribution in [2.75, 3.05) is 24.2 Å². The molecular weight excluding hydrogens is 436 g/mol. The topological polar surface area (TPSA) is 110 Å². The van der Waals surface area contributed by atoms with E-state index in [0.29, 0.717) is 15.0 Å². The molecule has 3 rings (SSSR count). The quantitative estimate of drug-likeness (QED) is 0.289. The molecule has 2 aromatic carbocycles. The van der Waals surface area contributed by atoms with E-state index in [1.54, 1.807) is 19.1 Å². The number of carbonyl (C=O) groups is 3. The molecule has 3 aromatic rings. The minimum absolute atomic E-state index is 0.0724. The molecule has 8 nitrogen and oxygen atoms in total. The Bertz CT molecular complexity index is 1040. The highest BCUT2D eigenvalue weighted by Gasteiger charge is 2.13. The summed E-state index contributed by atoms with van der Waals surface area (Å²) in [6, 6.07) is 17.2. The van der Waals surface area contributed by atoms with Gasteiger partial charge >= 0.3 is 5.97 Å². The molecule has 0 aliphatic rings. The first-order valence-electron chi connectivity index (χ1n) is 9.40. The molecule has 0 bridgehead atoms. The number of carbonyl (C=O) groups excluding carboxylic acids is 3. The number of anilines is 1. The summed E-state index contributed by atoms with van der Waals surface area (Å²) in [4.78, 5) is 35.5. The van der Waals surface area contributed by atoms with Gasteiger partial charge in [-0.2, -0.15) is 0 Å². The van der Waals surface area contributed by atoms with Crippen LogP contribution in [0.4, 0.5) is 5.13 Å². The van der Waals surface area contributed by atoms with E-state index in [2.05, 4.69) is 20.8 Å². The van der Waals surface area contributed by atoms with Crippen LogP contribution in [0.2, 0.25) is 0 Å². The zero-order valence-corrected chi connectivity index (χ0v) is 18.3. The molecule has 2 N–H and O–H groups in total. The molecule has 0 atom stereocenters. The third-order valence-electron chi connectivity index (χ3n) is 3.94. The van der Waals surface area contributed by atoms with Crippen LogP contribution in [0.15, 0.2) is 58.9 Å². The molecular formula is C21H20N4O4S2. The van der Waals surface area contributed by atoms with Gasteiger partial charge in [-0.1, -0.05) is 65.6 Å². The molecule has 0 aliphatic carbocycles. The highest BCUT2D eigenvalue weighted by molar-refractivity contribution is 8.01. The summed E-state index contributed by atoms with van der Waals surface area (Å²) in [5.41, 5.74) is 2.60. The third-order valence-corrected chi connectivity index (χ3v) is 5.92. The molecule has 0 spiro atoms. The first kappa shape index (κ1) is 22.4. The second-order valence-corrected chi connectivity index (χ2v) is 8.34. The van der Waals surface area contributed by atoms with Crippen molar-refractivity contribution in [2.45, 2.75) is 11.3 Å². The molecule has 10 heteroatoms. The summed E-state index contributed by atoms with van der Waals surface area (Å²) in [5.74, 6) is -1.03. The SMILES string of the molecule is CCOC(=O)CNC(=O)CSc1nnc(NC(=O)c2ccc(-c3ccccc3)cc2)s1. The lowest BCUT2D eigenvalue weighted by Crippen LogP contribution is -2.31. The molecule has 1 heterocycles. The maximum Gasteiger partial charge on any atom is 0.325 e. The number of hydrogen-bond acceptors (Lipinski definition) is 8. The Hall–Kier alpha value is -3.24. The molecule has 160 valence electrons. The van der Waals surface area contributed by atoms with Gasteiger partial charge in [0.1, 0.15) is 6.54 Å². The fourth-order valence-electron chi connectivity index (χ4n) is 2.49. The number of hydrogen-bond donors (Lipinski definition) is 2. The predicted octanol–water partition coefficient (Wildman–Crippen LogP) is 3.23. The number of thioether (sulfide) groups is 1. The first-order valence-corrected chi connectivity index (χ1v) is 11.2. The lowest BCUT2D eigenvalue weighted by Gasteiger charge is -2.04. The van der Waals surface area contributed by atoms with Crippen LogP contribution in [-0.4, -0.2) is 46.9 Å². The van der Waals surface area contributed by atoms with Crippen molar-refractivity contribution >= 4 is 46.0 Å². The van der Waals surface area contributed by atoms with Crippen molar-refractivity contribution in [3.63, 3.8) is 0 Å². The van der Waals surface area contributed by atoms with Crippen LogP contribution in [0, 0.1) is 0 Å². The molecule has 0 fully saturated rings. The maximum absolute atomic E-state index is 12.5. The number of aromatic nitrogens is 2. The van der Waals surface area contributed by atoms with E-state index < -0.39 is 5.97 Å². The van der Waals surface area contributed by atoms with E-state index >= 15 is 0 Å². The number of nitrogens with one attached hydrogen (secondary N) is 2. The normalized spacial score (nSPS) is 10.4. The summed E-state index contributed by atoms with van der Waals surface area (Å²) in [6.45, 7) is 1.79. The second kappa shape index (κ2) is 11.2. The first-order chi connectivity index (χ1) is 15.0. The average molecular weight is 457 g/mol. The van der Waals surface area contributed by atoms with Gasteiger partial charge < -0.3 is 10.1 Å². The Morgan fingerprint density at radius 2 is 1.71 bits per heavy atom. The number of rotatable bonds is 9. The van der Waals surface area contributed by atoms with Gasteiger partial charge in [-0.15, -0.1) is 10.2 Å². The zero-order chi connectivity index (χ0) is 22.1. The van der Waals surface area contributed by atoms with E-state index in [9.17, 15) is 14.4 Å². The van der Waals surface area contributed by atoms with Crippen molar-refractivity contribution in [1.82, 2.24) is 15.5 Å². The minimum Gasteiger partial charge on any atom is -0.465 e. The van der Waals surface area contributed by atoms with Crippen LogP contribution < -0.4 is 10.6 Å². The second-order valence-electron chi connectivity index (χ2n) is 6.14. The maximum atomic E-state index is 12.5. The van der Waals surface area contributed by atoms with Gasteiger partial charge in [-0.3, -0.25) is 19.7 Å². The fraction of sp³-hybridized carbons (Fsp3) is 0.190. The lowest BCUT2D eigenvalue weighted by molar-refractivity contribution is -0.143. The average Bonchev–Trinajstić information content (AvgIpc) is 3.24. The number of benzene rings is 2. The third kappa shape index (κ3) is 6.90. The molecule has 2 amide bonds. The van der Waals surface area contributed by atoms with Crippen LogP contribution in [0.1, 0.15) is 17.3 Å². The molecule has 0 saturated carbocycles. The highest BCUT2D eigenvalue weighted by atomic mass is 32.2. The van der Waals surface area contributed by atoms with Gasteiger partial charge in [0.25, 0.3) is 5.91 Å². The minimum atomic E-state index is -0.487. The van der Waals surface area contributed by atoms with Gasteiger partial charge in [-0.05, 0) is 30.2 Å². The summed E-state index contributed by atoms with van der Waals surface area (Å²) >= 11 is 2.33. The van der Waals surface area contributed by atoms with Crippen LogP contribution in [0.5, 0.6) is 0 Å². The van der Waals surface area contributed by atoms with Gasteiger partial charge in [-0.25, -0.2) is 0 Å². The number of amides is 2. The van der Waals surface area contributed by atoms with E-state index in [0.717, 1.165) is 11.1 Å². The van der Waals surface area contributed by atoms with E-state index in [4.69, 9.17) is 4.74 Å². The van der Waals surface area contributed by atoms with Crippen LogP contribution in [-0.2, 0) is 14.3 Å². The molecule has 0 aliphatic heterocycles. The molecule has 0 saturated heterocycles. The summed E-state index contributed by atoms with van der Waals surface area (Å²) in [5, 5.41) is 13.4. The highest BCUT2D eigenvalue weighted by Crippen LogP contribution is 2.26. The van der Waals surface area contributed by atoms with E-state index in [-0.39, 0.29) is 30.7 Å². The summed E-state index contributed by atoms with van der Waals surface area (Å²) < 4.78 is 5.27. The summed E-state index contributed by atoms with van der Waals surface area (Å²) in [7, 11) is 0. The molecule has 1 aromatic heterocycles. The Morgan fingerprint density at radius 1 is 1.00 bits per heavy atom. The zero-order valence-electron chi connectivity index (χ0n) is 16.7. The number of esters is 1. The van der Waals surface area contributed by atoms with E-state index in [1.165, 1.54) is 23.1 Å². The Labute approximate surface area is 187 Å². The van der Waals surface area contributed by atoms with E-state index in [1.807, 2.05) is 42.5 Å². The van der Waals surface area contributed by atoms with Crippen molar-refractivity contribution < 1.29 is 19.1 Å². The Kier molecular flexibility index (Phi) is 8.13. The number of ether oxygens (including phenoxy) is 1. The predicted molar refractivity (Wildman–Crippen MR) is 120 cm³/mol. The lowest BCUT2D eigenvalue weighted by atomic mass is 10.0. The monoisotopic (exact) mass is 456 g/mol. The standard InChI is InChI=1S/C21H20N4O4S2/c1-2-29-18(27)12-22-17(26)13-30-21-25-24-20(31-21)23-19(28)16-10-8-15(9-11-16)14-6-4-3-5-7-14/h3-11H,2,12-13H2,1H3,(H,22,26)(H,23,24,28). The van der Waals surface area contributed by atoms with Crippen molar-refractivity contribution in [3.05, 3.63) is 60.2 Å². The van der Waals surface area contributed by atoms with Crippen molar-refractivity contribution in [1.29, 1.82) is 0 Å². The number of nitrogens with zero attached hydrogens (tertiary/aromatic N) is 2. The Balaban J connectivity index is 1.48. The smallest absolute Gasteiger partial charge is 0.325 e. The molecule has 31 heavy (non-hydrogen) atoms. The van der Waals surface area contributed by atoms with Crippen LogP contribution >= 0.6 is 23.1 Å². The molecule has 0 unspecified atom stereocenters. The van der Waals surface area contributed by atoms with Crippen molar-refractivity contribution in [3.8, 4) is 11.1 Å². The van der Waals surface area contributed by atoms with Crippen LogP contribution in [0.25, 0.3) is 11.1 Å². The largest absolute Gasteiger partial charge is 0.465 e. The van der Waals surface area contributed by atoms with Gasteiger partial charge in [0.05, 0.1) is 12.4 Å². The van der Waals surface area contributed by atoms with Gasteiger partial charge in [0.15, 0.2) is 4.34 Å². The van der Waals surface area contributed by atoms with Crippen molar-refractivity contribution in [2.24, 2.45) is 0 Å². The molecule has 0 radical (unpaired) electrons. The van der Waals surface area contributed by atoms with Crippen LogP contribution in [0.3, 0.4) is 0 Å². The Morgan fingerprint density at radius 3 is 2.42 bits per heavy atom. The summed E-state index contributed by atoms with van der Waals surface area (Å²) in [6.07, 6.45) is 0. The fourth-order valence-corrected chi connectivity index (χ4v) is 4.07. The van der Waals surface area contributed by atoms with Gasteiger partial charge in [0, 0.05) is 5.56 Å². The van der Waals surface area contributed by atoms with Gasteiger partial charge in [0.2, 0.25) is 11.0 Å².